The molecule has 1 fully saturated rings. The minimum atomic E-state index is -0.233. The zero-order chi connectivity index (χ0) is 13.7. The van der Waals surface area contributed by atoms with E-state index < -0.39 is 0 Å². The minimum Gasteiger partial charge on any atom is -0.507 e. The predicted molar refractivity (Wildman–Crippen MR) is 73.3 cm³/mol. The van der Waals surface area contributed by atoms with Gasteiger partial charge in [-0.3, -0.25) is 4.79 Å². The lowest BCUT2D eigenvalue weighted by atomic mass is 10.1. The van der Waals surface area contributed by atoms with Gasteiger partial charge in [-0.15, -0.1) is 0 Å². The van der Waals surface area contributed by atoms with Gasteiger partial charge in [0.05, 0.1) is 5.56 Å². The number of aryl methyl sites for hydroxylation is 1. The van der Waals surface area contributed by atoms with Crippen LogP contribution in [0.1, 0.15) is 35.2 Å². The summed E-state index contributed by atoms with van der Waals surface area (Å²) in [4.78, 5) is 11.9. The lowest BCUT2D eigenvalue weighted by Gasteiger charge is -2.08. The molecule has 2 N–H and O–H groups in total. The van der Waals surface area contributed by atoms with Crippen LogP contribution < -0.4 is 5.32 Å². The second kappa shape index (κ2) is 6.57. The molecule has 1 aromatic rings. The van der Waals surface area contributed by atoms with Crippen molar-refractivity contribution in [1.29, 1.82) is 0 Å². The lowest BCUT2D eigenvalue weighted by molar-refractivity contribution is 0.0934. The zero-order valence-electron chi connectivity index (χ0n) is 11.3. The van der Waals surface area contributed by atoms with E-state index in [9.17, 15) is 9.90 Å². The van der Waals surface area contributed by atoms with E-state index in [4.69, 9.17) is 4.74 Å². The van der Waals surface area contributed by atoms with Crippen LogP contribution in [0.4, 0.5) is 0 Å². The monoisotopic (exact) mass is 263 g/mol. The van der Waals surface area contributed by atoms with Crippen molar-refractivity contribution in [2.45, 2.75) is 26.2 Å². The molecule has 19 heavy (non-hydrogen) atoms. The molecule has 1 aliphatic rings. The van der Waals surface area contributed by atoms with Crippen LogP contribution in [-0.4, -0.2) is 30.8 Å². The Bertz CT molecular complexity index is 441. The van der Waals surface area contributed by atoms with E-state index in [0.717, 1.165) is 18.9 Å². The molecule has 0 unspecified atom stereocenters. The normalized spacial score (nSPS) is 14.4. The summed E-state index contributed by atoms with van der Waals surface area (Å²) in [5.41, 5.74) is 1.04. The molecule has 0 aromatic heterocycles. The van der Waals surface area contributed by atoms with E-state index in [0.29, 0.717) is 24.3 Å². The third-order valence-electron chi connectivity index (χ3n) is 3.28. The topological polar surface area (TPSA) is 58.6 Å². The predicted octanol–water partition coefficient (Wildman–Crippen LogP) is 2.25. The van der Waals surface area contributed by atoms with Crippen molar-refractivity contribution in [3.05, 3.63) is 29.3 Å². The van der Waals surface area contributed by atoms with Gasteiger partial charge in [0, 0.05) is 19.8 Å². The van der Waals surface area contributed by atoms with Crippen molar-refractivity contribution in [3.63, 3.8) is 0 Å². The van der Waals surface area contributed by atoms with E-state index in [1.54, 1.807) is 25.1 Å². The first-order valence-corrected chi connectivity index (χ1v) is 6.83. The molecule has 1 saturated carbocycles. The Morgan fingerprint density at radius 3 is 3.00 bits per heavy atom. The first-order valence-electron chi connectivity index (χ1n) is 6.83. The molecule has 0 radical (unpaired) electrons. The molecule has 0 atom stereocenters. The van der Waals surface area contributed by atoms with Gasteiger partial charge < -0.3 is 15.2 Å². The molecule has 0 bridgehead atoms. The second-order valence-corrected chi connectivity index (χ2v) is 5.10. The number of aromatic hydroxyl groups is 1. The third-order valence-corrected chi connectivity index (χ3v) is 3.28. The minimum absolute atomic E-state index is 0.0602. The summed E-state index contributed by atoms with van der Waals surface area (Å²) in [5.74, 6) is 0.604. The van der Waals surface area contributed by atoms with Gasteiger partial charge in [-0.25, -0.2) is 0 Å². The van der Waals surface area contributed by atoms with Crippen molar-refractivity contribution < 1.29 is 14.6 Å². The van der Waals surface area contributed by atoms with Gasteiger partial charge in [0.25, 0.3) is 5.91 Å². The summed E-state index contributed by atoms with van der Waals surface area (Å²) in [6.07, 6.45) is 3.39. The molecule has 4 nitrogen and oxygen atoms in total. The van der Waals surface area contributed by atoms with Crippen LogP contribution in [0.3, 0.4) is 0 Å². The second-order valence-electron chi connectivity index (χ2n) is 5.10. The number of carbonyl (C=O) groups is 1. The zero-order valence-corrected chi connectivity index (χ0v) is 11.3. The molecule has 0 spiro atoms. The molecule has 1 amide bonds. The van der Waals surface area contributed by atoms with Crippen LogP contribution in [0.25, 0.3) is 0 Å². The number of rotatable bonds is 7. The molecule has 2 rings (SSSR count). The highest BCUT2D eigenvalue weighted by molar-refractivity contribution is 5.97. The largest absolute Gasteiger partial charge is 0.507 e. The summed E-state index contributed by atoms with van der Waals surface area (Å²) >= 11 is 0. The van der Waals surface area contributed by atoms with Crippen LogP contribution in [0.2, 0.25) is 0 Å². The Morgan fingerprint density at radius 2 is 2.26 bits per heavy atom. The Balaban J connectivity index is 1.67. The molecule has 0 saturated heterocycles. The van der Waals surface area contributed by atoms with Gasteiger partial charge >= 0.3 is 0 Å². The fourth-order valence-electron chi connectivity index (χ4n) is 1.85. The SMILES string of the molecule is Cc1cccc(C(=O)NCCCOCC2CC2)c1O. The van der Waals surface area contributed by atoms with Crippen molar-refractivity contribution >= 4 is 5.91 Å². The Hall–Kier alpha value is -1.55. The first kappa shape index (κ1) is 13.9. The van der Waals surface area contributed by atoms with Crippen LogP contribution >= 0.6 is 0 Å². The Labute approximate surface area is 113 Å². The number of para-hydroxylation sites is 1. The van der Waals surface area contributed by atoms with Crippen LogP contribution in [0, 0.1) is 12.8 Å². The summed E-state index contributed by atoms with van der Waals surface area (Å²) in [6, 6.07) is 5.17. The van der Waals surface area contributed by atoms with Gasteiger partial charge in [0.2, 0.25) is 0 Å². The van der Waals surface area contributed by atoms with E-state index in [1.807, 2.05) is 0 Å². The average Bonchev–Trinajstić information content (AvgIpc) is 3.20. The number of amides is 1. The van der Waals surface area contributed by atoms with E-state index in [1.165, 1.54) is 12.8 Å². The number of hydrogen-bond donors (Lipinski definition) is 2. The number of carbonyl (C=O) groups excluding carboxylic acids is 1. The van der Waals surface area contributed by atoms with Gasteiger partial charge in [-0.1, -0.05) is 12.1 Å². The standard InChI is InChI=1S/C15H21NO3/c1-11-4-2-5-13(14(11)17)15(18)16-8-3-9-19-10-12-6-7-12/h2,4-5,12,17H,3,6-10H2,1H3,(H,16,18). The molecule has 1 aliphatic carbocycles. The van der Waals surface area contributed by atoms with Gasteiger partial charge in [0.1, 0.15) is 5.75 Å². The van der Waals surface area contributed by atoms with Gasteiger partial charge in [0.15, 0.2) is 0 Å². The van der Waals surface area contributed by atoms with Crippen LogP contribution in [0.15, 0.2) is 18.2 Å². The fraction of sp³-hybridized carbons (Fsp3) is 0.533. The summed E-state index contributed by atoms with van der Waals surface area (Å²) < 4.78 is 5.49. The molecule has 0 aliphatic heterocycles. The first-order chi connectivity index (χ1) is 9.18. The maximum atomic E-state index is 11.9. The van der Waals surface area contributed by atoms with Gasteiger partial charge in [-0.2, -0.15) is 0 Å². The molecular weight excluding hydrogens is 242 g/mol. The number of phenolic OH excluding ortho intramolecular Hbond substituents is 1. The lowest BCUT2D eigenvalue weighted by Crippen LogP contribution is -2.25. The van der Waals surface area contributed by atoms with Crippen molar-refractivity contribution in [2.24, 2.45) is 5.92 Å². The summed E-state index contributed by atoms with van der Waals surface area (Å²) in [7, 11) is 0. The van der Waals surface area contributed by atoms with Crippen LogP contribution in [0.5, 0.6) is 5.75 Å². The smallest absolute Gasteiger partial charge is 0.255 e. The van der Waals surface area contributed by atoms with Crippen molar-refractivity contribution in [3.8, 4) is 5.75 Å². The highest BCUT2D eigenvalue weighted by Crippen LogP contribution is 2.28. The van der Waals surface area contributed by atoms with E-state index in [2.05, 4.69) is 5.32 Å². The number of phenols is 1. The average molecular weight is 263 g/mol. The van der Waals surface area contributed by atoms with Crippen molar-refractivity contribution in [2.75, 3.05) is 19.8 Å². The molecular formula is C15H21NO3. The number of ether oxygens (including phenoxy) is 1. The number of hydrogen-bond acceptors (Lipinski definition) is 3. The van der Waals surface area contributed by atoms with Gasteiger partial charge in [-0.05, 0) is 43.7 Å². The maximum Gasteiger partial charge on any atom is 0.255 e. The highest BCUT2D eigenvalue weighted by Gasteiger charge is 2.20. The quantitative estimate of drug-likeness (QED) is 0.742. The Morgan fingerprint density at radius 1 is 1.47 bits per heavy atom. The van der Waals surface area contributed by atoms with E-state index >= 15 is 0 Å². The molecule has 1 aromatic carbocycles. The summed E-state index contributed by atoms with van der Waals surface area (Å²) in [6.45, 7) is 3.87. The molecule has 104 valence electrons. The maximum absolute atomic E-state index is 11.9. The highest BCUT2D eigenvalue weighted by atomic mass is 16.5. The summed E-state index contributed by atoms with van der Waals surface area (Å²) in [5, 5.41) is 12.6. The van der Waals surface area contributed by atoms with Crippen LogP contribution in [-0.2, 0) is 4.74 Å². The number of benzene rings is 1. The number of nitrogens with one attached hydrogen (secondary N) is 1. The third kappa shape index (κ3) is 4.24. The van der Waals surface area contributed by atoms with Crippen molar-refractivity contribution in [1.82, 2.24) is 5.32 Å². The molecule has 4 heteroatoms. The fourth-order valence-corrected chi connectivity index (χ4v) is 1.85. The van der Waals surface area contributed by atoms with E-state index in [-0.39, 0.29) is 11.7 Å². The Kier molecular flexibility index (Phi) is 4.80. The molecule has 0 heterocycles.